The third kappa shape index (κ3) is 2.35. The average Bonchev–Trinajstić information content (AvgIpc) is 2.73. The van der Waals surface area contributed by atoms with E-state index in [4.69, 9.17) is 0 Å². The molecule has 1 aromatic carbocycles. The highest BCUT2D eigenvalue weighted by molar-refractivity contribution is 6.02. The smallest absolute Gasteiger partial charge is 0.246 e. The van der Waals surface area contributed by atoms with Crippen molar-refractivity contribution < 1.29 is 4.79 Å². The van der Waals surface area contributed by atoms with Crippen molar-refractivity contribution in [2.75, 3.05) is 5.32 Å². The Balaban J connectivity index is 1.79. The molecular formula is C15H15N3O. The number of hydrogen-bond acceptors (Lipinski definition) is 3. The van der Waals surface area contributed by atoms with Gasteiger partial charge in [-0.05, 0) is 24.6 Å². The molecule has 0 radical (unpaired) electrons. The van der Waals surface area contributed by atoms with Gasteiger partial charge in [-0.2, -0.15) is 0 Å². The van der Waals surface area contributed by atoms with Gasteiger partial charge in [-0.25, -0.2) is 0 Å². The van der Waals surface area contributed by atoms with Crippen LogP contribution < -0.4 is 10.6 Å². The van der Waals surface area contributed by atoms with Gasteiger partial charge >= 0.3 is 0 Å². The summed E-state index contributed by atoms with van der Waals surface area (Å²) in [5, 5.41) is 6.17. The number of hydrogen-bond donors (Lipinski definition) is 2. The van der Waals surface area contributed by atoms with Crippen LogP contribution in [0.4, 0.5) is 5.69 Å². The largest absolute Gasteiger partial charge is 0.324 e. The van der Waals surface area contributed by atoms with E-state index in [9.17, 15) is 4.79 Å². The molecule has 1 atom stereocenters. The van der Waals surface area contributed by atoms with Crippen molar-refractivity contribution >= 4 is 11.6 Å². The van der Waals surface area contributed by atoms with Gasteiger partial charge in [0, 0.05) is 30.2 Å². The van der Waals surface area contributed by atoms with Crippen molar-refractivity contribution in [2.24, 2.45) is 0 Å². The van der Waals surface area contributed by atoms with Crippen LogP contribution in [0, 0.1) is 6.92 Å². The van der Waals surface area contributed by atoms with Gasteiger partial charge in [-0.1, -0.05) is 23.8 Å². The van der Waals surface area contributed by atoms with Crippen LogP contribution in [0.5, 0.6) is 0 Å². The van der Waals surface area contributed by atoms with Gasteiger partial charge in [0.2, 0.25) is 5.91 Å². The monoisotopic (exact) mass is 253 g/mol. The van der Waals surface area contributed by atoms with E-state index >= 15 is 0 Å². The second-order valence-electron chi connectivity index (χ2n) is 4.76. The third-order valence-corrected chi connectivity index (χ3v) is 3.27. The lowest BCUT2D eigenvalue weighted by atomic mass is 10.1. The zero-order chi connectivity index (χ0) is 13.2. The molecule has 2 heterocycles. The Hall–Kier alpha value is -2.20. The van der Waals surface area contributed by atoms with E-state index in [0.29, 0.717) is 6.54 Å². The van der Waals surface area contributed by atoms with Gasteiger partial charge in [0.15, 0.2) is 0 Å². The van der Waals surface area contributed by atoms with E-state index in [1.54, 1.807) is 12.4 Å². The molecule has 96 valence electrons. The summed E-state index contributed by atoms with van der Waals surface area (Å²) in [7, 11) is 0. The van der Waals surface area contributed by atoms with Crippen molar-refractivity contribution in [1.29, 1.82) is 0 Å². The van der Waals surface area contributed by atoms with Crippen LogP contribution in [0.25, 0.3) is 0 Å². The maximum absolute atomic E-state index is 12.0. The predicted octanol–water partition coefficient (Wildman–Crippen LogP) is 2.17. The van der Waals surface area contributed by atoms with Crippen molar-refractivity contribution in [2.45, 2.75) is 19.5 Å². The number of nitrogens with one attached hydrogen (secondary N) is 2. The molecule has 1 unspecified atom stereocenters. The summed E-state index contributed by atoms with van der Waals surface area (Å²) >= 11 is 0. The van der Waals surface area contributed by atoms with Crippen LogP contribution in [0.15, 0.2) is 42.7 Å². The maximum Gasteiger partial charge on any atom is 0.246 e. The molecule has 0 aliphatic carbocycles. The van der Waals surface area contributed by atoms with Crippen LogP contribution in [-0.4, -0.2) is 10.9 Å². The molecule has 4 nitrogen and oxygen atoms in total. The number of aryl methyl sites for hydroxylation is 1. The van der Waals surface area contributed by atoms with Gasteiger partial charge < -0.3 is 5.32 Å². The summed E-state index contributed by atoms with van der Waals surface area (Å²) in [6.07, 6.45) is 3.54. The number of carbonyl (C=O) groups is 1. The standard InChI is InChI=1S/C15H15N3O/c1-10-4-5-13-12(7-10)14(15(19)18-13)17-9-11-3-2-6-16-8-11/h2-8,14,17H,9H2,1H3,(H,18,19). The molecule has 1 amide bonds. The zero-order valence-electron chi connectivity index (χ0n) is 10.7. The number of anilines is 1. The van der Waals surface area contributed by atoms with Crippen LogP contribution in [0.3, 0.4) is 0 Å². The van der Waals surface area contributed by atoms with Crippen LogP contribution in [-0.2, 0) is 11.3 Å². The van der Waals surface area contributed by atoms with Crippen molar-refractivity contribution in [3.8, 4) is 0 Å². The van der Waals surface area contributed by atoms with E-state index in [0.717, 1.165) is 22.4 Å². The third-order valence-electron chi connectivity index (χ3n) is 3.27. The normalized spacial score (nSPS) is 17.1. The molecule has 0 saturated heterocycles. The van der Waals surface area contributed by atoms with Crippen molar-refractivity contribution in [1.82, 2.24) is 10.3 Å². The fourth-order valence-electron chi connectivity index (χ4n) is 2.31. The lowest BCUT2D eigenvalue weighted by molar-refractivity contribution is -0.117. The van der Waals surface area contributed by atoms with Gasteiger partial charge in [0.25, 0.3) is 0 Å². The molecule has 3 rings (SSSR count). The molecule has 2 N–H and O–H groups in total. The molecule has 0 saturated carbocycles. The summed E-state index contributed by atoms with van der Waals surface area (Å²) in [6.45, 7) is 2.65. The minimum atomic E-state index is -0.282. The fraction of sp³-hybridized carbons (Fsp3) is 0.200. The zero-order valence-corrected chi connectivity index (χ0v) is 10.7. The number of fused-ring (bicyclic) bond motifs is 1. The van der Waals surface area contributed by atoms with Crippen LogP contribution in [0.2, 0.25) is 0 Å². The van der Waals surface area contributed by atoms with E-state index in [-0.39, 0.29) is 11.9 Å². The van der Waals surface area contributed by atoms with E-state index in [2.05, 4.69) is 15.6 Å². The molecule has 19 heavy (non-hydrogen) atoms. The topological polar surface area (TPSA) is 54.0 Å². The van der Waals surface area contributed by atoms with Gasteiger partial charge in [-0.15, -0.1) is 0 Å². The quantitative estimate of drug-likeness (QED) is 0.881. The number of rotatable bonds is 3. The molecule has 0 bridgehead atoms. The summed E-state index contributed by atoms with van der Waals surface area (Å²) in [4.78, 5) is 16.0. The first-order valence-electron chi connectivity index (χ1n) is 6.28. The van der Waals surface area contributed by atoms with Gasteiger partial charge in [-0.3, -0.25) is 15.1 Å². The SMILES string of the molecule is Cc1ccc2c(c1)C(NCc1cccnc1)C(=O)N2. The predicted molar refractivity (Wildman–Crippen MR) is 73.6 cm³/mol. The minimum absolute atomic E-state index is 0.00416. The first kappa shape index (κ1) is 11.9. The second-order valence-corrected chi connectivity index (χ2v) is 4.76. The summed E-state index contributed by atoms with van der Waals surface area (Å²) in [6, 6.07) is 9.61. The molecular weight excluding hydrogens is 238 g/mol. The molecule has 2 aromatic rings. The highest BCUT2D eigenvalue weighted by Gasteiger charge is 2.29. The Bertz CT molecular complexity index is 610. The van der Waals surface area contributed by atoms with E-state index in [1.807, 2.05) is 37.3 Å². The Morgan fingerprint density at radius 3 is 3.05 bits per heavy atom. The Morgan fingerprint density at radius 1 is 1.37 bits per heavy atom. The molecule has 0 fully saturated rings. The molecule has 1 aliphatic rings. The lowest BCUT2D eigenvalue weighted by Gasteiger charge is -2.11. The minimum Gasteiger partial charge on any atom is -0.324 e. The van der Waals surface area contributed by atoms with Gasteiger partial charge in [0.05, 0.1) is 0 Å². The summed E-state index contributed by atoms with van der Waals surface area (Å²) < 4.78 is 0. The Labute approximate surface area is 111 Å². The van der Waals surface area contributed by atoms with Crippen molar-refractivity contribution in [3.63, 3.8) is 0 Å². The molecule has 1 aromatic heterocycles. The second kappa shape index (κ2) is 4.82. The number of benzene rings is 1. The number of amides is 1. The fourth-order valence-corrected chi connectivity index (χ4v) is 2.31. The Morgan fingerprint density at radius 2 is 2.26 bits per heavy atom. The highest BCUT2D eigenvalue weighted by atomic mass is 16.2. The first-order chi connectivity index (χ1) is 9.24. The van der Waals surface area contributed by atoms with E-state index in [1.165, 1.54) is 0 Å². The number of carbonyl (C=O) groups excluding carboxylic acids is 1. The van der Waals surface area contributed by atoms with E-state index < -0.39 is 0 Å². The van der Waals surface area contributed by atoms with Crippen LogP contribution in [0.1, 0.15) is 22.7 Å². The molecule has 4 heteroatoms. The highest BCUT2D eigenvalue weighted by Crippen LogP contribution is 2.31. The number of aromatic nitrogens is 1. The average molecular weight is 253 g/mol. The maximum atomic E-state index is 12.0. The number of nitrogens with zero attached hydrogens (tertiary/aromatic N) is 1. The van der Waals surface area contributed by atoms with Crippen LogP contribution >= 0.6 is 0 Å². The Kier molecular flexibility index (Phi) is 3.01. The van der Waals surface area contributed by atoms with Gasteiger partial charge in [0.1, 0.15) is 6.04 Å². The first-order valence-corrected chi connectivity index (χ1v) is 6.28. The number of pyridine rings is 1. The summed E-state index contributed by atoms with van der Waals surface area (Å²) in [5.41, 5.74) is 4.15. The summed E-state index contributed by atoms with van der Waals surface area (Å²) in [5.74, 6) is 0.00416. The van der Waals surface area contributed by atoms with Crippen molar-refractivity contribution in [3.05, 3.63) is 59.4 Å². The molecule has 1 aliphatic heterocycles. The lowest BCUT2D eigenvalue weighted by Crippen LogP contribution is -2.27. The molecule has 0 spiro atoms.